The minimum Gasteiger partial charge on any atom is -0.492 e. The molecule has 0 atom stereocenters. The van der Waals surface area contributed by atoms with Crippen LogP contribution in [0.15, 0.2) is 60.7 Å². The highest BCUT2D eigenvalue weighted by Gasteiger charge is 2.17. The van der Waals surface area contributed by atoms with Crippen molar-refractivity contribution in [3.8, 4) is 11.5 Å². The third-order valence-corrected chi connectivity index (χ3v) is 8.28. The number of fused-ring (bicyclic) bond motifs is 3. The molecule has 2 nitrogen and oxygen atoms in total. The Hall–Kier alpha value is -2.74. The molecule has 2 heteroatoms. The fourth-order valence-corrected chi connectivity index (χ4v) is 5.92. The minimum absolute atomic E-state index is 0.763. The number of ether oxygens (including phenoxy) is 2. The van der Waals surface area contributed by atoms with E-state index in [0.29, 0.717) is 0 Å². The Morgan fingerprint density at radius 1 is 0.400 bits per heavy atom. The summed E-state index contributed by atoms with van der Waals surface area (Å²) < 4.78 is 13.2. The largest absolute Gasteiger partial charge is 0.492 e. The molecule has 0 bridgehead atoms. The number of benzene rings is 4. The minimum atomic E-state index is 0.763. The van der Waals surface area contributed by atoms with Crippen LogP contribution in [0.2, 0.25) is 0 Å². The van der Waals surface area contributed by atoms with Gasteiger partial charge in [0.15, 0.2) is 0 Å². The quantitative estimate of drug-likeness (QED) is 0.0819. The maximum absolute atomic E-state index is 6.62. The van der Waals surface area contributed by atoms with Crippen molar-refractivity contribution >= 4 is 32.3 Å². The smallest absolute Gasteiger partial charge is 0.135 e. The standard InChI is InChI=1S/C38H52O2/c1-3-5-7-9-11-13-15-21-27-39-37-33-25-19-20-26-34(33)38(40-28-22-16-14-12-10-8-6-4-2)36-30-32-24-18-17-23-31(32)29-35(36)37/h17-20,23-26,29-30H,3-16,21-22,27-28H2,1-2H3. The molecule has 4 aromatic carbocycles. The fraction of sp³-hybridized carbons (Fsp3) is 0.526. The van der Waals surface area contributed by atoms with Gasteiger partial charge in [-0.05, 0) is 35.7 Å². The van der Waals surface area contributed by atoms with Crippen molar-refractivity contribution in [2.24, 2.45) is 0 Å². The monoisotopic (exact) mass is 540 g/mol. The van der Waals surface area contributed by atoms with Crippen molar-refractivity contribution in [1.82, 2.24) is 0 Å². The van der Waals surface area contributed by atoms with Crippen LogP contribution in [-0.2, 0) is 0 Å². The summed E-state index contributed by atoms with van der Waals surface area (Å²) >= 11 is 0. The van der Waals surface area contributed by atoms with Crippen LogP contribution >= 0.6 is 0 Å². The Bertz CT molecular complexity index is 1190. The number of hydrogen-bond acceptors (Lipinski definition) is 2. The molecule has 0 amide bonds. The molecule has 0 spiro atoms. The van der Waals surface area contributed by atoms with E-state index in [2.05, 4.69) is 74.5 Å². The summed E-state index contributed by atoms with van der Waals surface area (Å²) in [6.45, 7) is 6.09. The topological polar surface area (TPSA) is 18.5 Å². The van der Waals surface area contributed by atoms with Gasteiger partial charge in [0.2, 0.25) is 0 Å². The normalized spacial score (nSPS) is 11.6. The lowest BCUT2D eigenvalue weighted by Gasteiger charge is -2.19. The van der Waals surface area contributed by atoms with E-state index in [4.69, 9.17) is 9.47 Å². The average Bonchev–Trinajstić information content (AvgIpc) is 2.99. The highest BCUT2D eigenvalue weighted by Crippen LogP contribution is 2.44. The third-order valence-electron chi connectivity index (χ3n) is 8.28. The second-order valence-corrected chi connectivity index (χ2v) is 11.6. The van der Waals surface area contributed by atoms with Gasteiger partial charge in [0.1, 0.15) is 11.5 Å². The molecule has 0 aromatic heterocycles. The van der Waals surface area contributed by atoms with E-state index >= 15 is 0 Å². The Kier molecular flexibility index (Phi) is 13.0. The highest BCUT2D eigenvalue weighted by atomic mass is 16.5. The van der Waals surface area contributed by atoms with Crippen LogP contribution in [0, 0.1) is 0 Å². The van der Waals surface area contributed by atoms with Crippen molar-refractivity contribution in [3.05, 3.63) is 60.7 Å². The van der Waals surface area contributed by atoms with E-state index in [1.54, 1.807) is 0 Å². The molecule has 40 heavy (non-hydrogen) atoms. The van der Waals surface area contributed by atoms with Crippen molar-refractivity contribution in [3.63, 3.8) is 0 Å². The van der Waals surface area contributed by atoms with Gasteiger partial charge in [-0.2, -0.15) is 0 Å². The number of hydrogen-bond donors (Lipinski definition) is 0. The number of unbranched alkanes of at least 4 members (excludes halogenated alkanes) is 14. The van der Waals surface area contributed by atoms with Crippen molar-refractivity contribution < 1.29 is 9.47 Å². The van der Waals surface area contributed by atoms with E-state index in [9.17, 15) is 0 Å². The van der Waals surface area contributed by atoms with Crippen molar-refractivity contribution in [2.45, 2.75) is 117 Å². The summed E-state index contributed by atoms with van der Waals surface area (Å²) in [7, 11) is 0. The van der Waals surface area contributed by atoms with Gasteiger partial charge in [-0.15, -0.1) is 0 Å². The van der Waals surface area contributed by atoms with E-state index in [0.717, 1.165) is 48.3 Å². The fourth-order valence-electron chi connectivity index (χ4n) is 5.92. The Morgan fingerprint density at radius 3 is 1.15 bits per heavy atom. The molecule has 4 rings (SSSR count). The number of rotatable bonds is 20. The predicted molar refractivity (Wildman–Crippen MR) is 175 cm³/mol. The maximum atomic E-state index is 6.62. The molecule has 0 radical (unpaired) electrons. The second-order valence-electron chi connectivity index (χ2n) is 11.6. The van der Waals surface area contributed by atoms with Gasteiger partial charge in [0.05, 0.1) is 13.2 Å². The van der Waals surface area contributed by atoms with Gasteiger partial charge in [-0.3, -0.25) is 0 Å². The van der Waals surface area contributed by atoms with Gasteiger partial charge in [0.25, 0.3) is 0 Å². The Labute approximate surface area is 243 Å². The zero-order chi connectivity index (χ0) is 27.8. The lowest BCUT2D eigenvalue weighted by molar-refractivity contribution is 0.306. The van der Waals surface area contributed by atoms with Crippen LogP contribution in [-0.4, -0.2) is 13.2 Å². The maximum Gasteiger partial charge on any atom is 0.135 e. The average molecular weight is 541 g/mol. The molecule has 0 heterocycles. The summed E-state index contributed by atoms with van der Waals surface area (Å²) in [6.07, 6.45) is 20.9. The molecule has 0 aliphatic carbocycles. The third kappa shape index (κ3) is 8.63. The highest BCUT2D eigenvalue weighted by molar-refractivity contribution is 6.14. The molecule has 0 fully saturated rings. The summed E-state index contributed by atoms with van der Waals surface area (Å²) in [6, 6.07) is 21.9. The molecular formula is C38H52O2. The van der Waals surface area contributed by atoms with Crippen molar-refractivity contribution in [1.29, 1.82) is 0 Å². The van der Waals surface area contributed by atoms with Gasteiger partial charge >= 0.3 is 0 Å². The molecule has 0 saturated carbocycles. The lowest BCUT2D eigenvalue weighted by atomic mass is 9.97. The van der Waals surface area contributed by atoms with Crippen LogP contribution in [0.5, 0.6) is 11.5 Å². The van der Waals surface area contributed by atoms with E-state index in [1.165, 1.54) is 111 Å². The first-order valence-corrected chi connectivity index (χ1v) is 16.5. The Balaban J connectivity index is 1.48. The molecule has 0 N–H and O–H groups in total. The predicted octanol–water partition coefficient (Wildman–Crippen LogP) is 12.2. The van der Waals surface area contributed by atoms with Crippen LogP contribution in [0.4, 0.5) is 0 Å². The van der Waals surface area contributed by atoms with Gasteiger partial charge in [-0.25, -0.2) is 0 Å². The molecule has 4 aromatic rings. The van der Waals surface area contributed by atoms with Crippen LogP contribution < -0.4 is 9.47 Å². The van der Waals surface area contributed by atoms with Crippen molar-refractivity contribution in [2.75, 3.05) is 13.2 Å². The molecule has 216 valence electrons. The van der Waals surface area contributed by atoms with E-state index in [-0.39, 0.29) is 0 Å². The first-order valence-electron chi connectivity index (χ1n) is 16.5. The van der Waals surface area contributed by atoms with Crippen LogP contribution in [0.1, 0.15) is 117 Å². The van der Waals surface area contributed by atoms with Gasteiger partial charge < -0.3 is 9.47 Å². The summed E-state index contributed by atoms with van der Waals surface area (Å²) in [5.74, 6) is 2.03. The molecule has 0 aliphatic heterocycles. The zero-order valence-corrected chi connectivity index (χ0v) is 25.3. The lowest BCUT2D eigenvalue weighted by Crippen LogP contribution is -2.02. The first-order chi connectivity index (χ1) is 19.8. The van der Waals surface area contributed by atoms with Gasteiger partial charge in [-0.1, -0.05) is 152 Å². The Morgan fingerprint density at radius 2 is 0.750 bits per heavy atom. The van der Waals surface area contributed by atoms with Crippen LogP contribution in [0.3, 0.4) is 0 Å². The summed E-state index contributed by atoms with van der Waals surface area (Å²) in [5, 5.41) is 7.16. The second kappa shape index (κ2) is 17.2. The molecule has 0 aliphatic rings. The summed E-state index contributed by atoms with van der Waals surface area (Å²) in [5.41, 5.74) is 0. The summed E-state index contributed by atoms with van der Waals surface area (Å²) in [4.78, 5) is 0. The molecule has 0 saturated heterocycles. The van der Waals surface area contributed by atoms with E-state index < -0.39 is 0 Å². The zero-order valence-electron chi connectivity index (χ0n) is 25.3. The molecule has 0 unspecified atom stereocenters. The van der Waals surface area contributed by atoms with E-state index in [1.807, 2.05) is 0 Å². The molecular weight excluding hydrogens is 488 g/mol. The van der Waals surface area contributed by atoms with Gasteiger partial charge in [0, 0.05) is 21.5 Å². The van der Waals surface area contributed by atoms with Crippen LogP contribution in [0.25, 0.3) is 32.3 Å². The SMILES string of the molecule is CCCCCCCCCCOc1c2ccccc2c(OCCCCCCCCCC)c2cc3ccccc3cc12. The first kappa shape index (κ1) is 30.2.